The van der Waals surface area contributed by atoms with Gasteiger partial charge in [-0.25, -0.2) is 0 Å². The maximum Gasteiger partial charge on any atom is 0.0593 e. The van der Waals surface area contributed by atoms with Gasteiger partial charge in [0.25, 0.3) is 0 Å². The fraction of sp³-hybridized carbons (Fsp3) is 0.455. The molecule has 0 aliphatic carbocycles. The minimum Gasteiger partial charge on any atom is -0.382 e. The number of likely N-dealkylation sites (N-methyl/N-ethyl adjacent to an activating group) is 1. The Morgan fingerprint density at radius 1 is 1.31 bits per heavy atom. The Morgan fingerprint density at radius 2 is 1.92 bits per heavy atom. The highest BCUT2D eigenvalue weighted by molar-refractivity contribution is 5.30. The third-order valence-electron chi connectivity index (χ3n) is 1.85. The SMILES string of the molecule is C=CC1=C(C=C)N(C)CCN1.CC. The molecule has 0 aromatic heterocycles. The normalized spacial score (nSPS) is 15.5. The molecule has 0 unspecified atom stereocenters. The fourth-order valence-electron chi connectivity index (χ4n) is 1.22. The van der Waals surface area contributed by atoms with Crippen LogP contribution in [-0.4, -0.2) is 25.0 Å². The third kappa shape index (κ3) is 2.98. The van der Waals surface area contributed by atoms with Gasteiger partial charge in [-0.15, -0.1) is 0 Å². The van der Waals surface area contributed by atoms with Crippen molar-refractivity contribution in [3.8, 4) is 0 Å². The lowest BCUT2D eigenvalue weighted by Gasteiger charge is -2.28. The molecule has 0 bridgehead atoms. The van der Waals surface area contributed by atoms with Gasteiger partial charge >= 0.3 is 0 Å². The van der Waals surface area contributed by atoms with E-state index in [0.29, 0.717) is 0 Å². The molecular formula is C11H20N2. The number of hydrogen-bond donors (Lipinski definition) is 1. The molecule has 1 aliphatic heterocycles. The summed E-state index contributed by atoms with van der Waals surface area (Å²) in [5, 5.41) is 3.25. The van der Waals surface area contributed by atoms with E-state index < -0.39 is 0 Å². The van der Waals surface area contributed by atoms with Crippen LogP contribution in [0.2, 0.25) is 0 Å². The van der Waals surface area contributed by atoms with Crippen LogP contribution < -0.4 is 5.32 Å². The van der Waals surface area contributed by atoms with Gasteiger partial charge < -0.3 is 10.2 Å². The van der Waals surface area contributed by atoms with Crippen molar-refractivity contribution >= 4 is 0 Å². The number of hydrogen-bond acceptors (Lipinski definition) is 2. The molecule has 0 amide bonds. The predicted molar refractivity (Wildman–Crippen MR) is 59.4 cm³/mol. The minimum absolute atomic E-state index is 0.981. The van der Waals surface area contributed by atoms with Crippen molar-refractivity contribution < 1.29 is 0 Å². The van der Waals surface area contributed by atoms with Gasteiger partial charge in [0.2, 0.25) is 0 Å². The Bertz CT molecular complexity index is 204. The van der Waals surface area contributed by atoms with Crippen molar-refractivity contribution in [2.24, 2.45) is 0 Å². The molecule has 1 aliphatic rings. The standard InChI is InChI=1S/C9H14N2.C2H6/c1-4-8-9(5-2)11(3)7-6-10-8;1-2/h4-5,10H,1-2,6-7H2,3H3;1-2H3. The first-order chi connectivity index (χ1) is 6.29. The second-order valence-electron chi connectivity index (χ2n) is 2.56. The molecule has 2 heteroatoms. The van der Waals surface area contributed by atoms with Gasteiger partial charge in [-0.2, -0.15) is 0 Å². The number of nitrogens with one attached hydrogen (secondary N) is 1. The summed E-state index contributed by atoms with van der Waals surface area (Å²) in [7, 11) is 2.06. The molecule has 1 rings (SSSR count). The lowest BCUT2D eigenvalue weighted by molar-refractivity contribution is 0.398. The lowest BCUT2D eigenvalue weighted by atomic mass is 10.2. The van der Waals surface area contributed by atoms with E-state index in [0.717, 1.165) is 24.5 Å². The molecule has 13 heavy (non-hydrogen) atoms. The zero-order valence-corrected chi connectivity index (χ0v) is 8.93. The molecule has 0 radical (unpaired) electrons. The Morgan fingerprint density at radius 3 is 2.31 bits per heavy atom. The molecular weight excluding hydrogens is 160 g/mol. The van der Waals surface area contributed by atoms with Crippen LogP contribution in [0.4, 0.5) is 0 Å². The Hall–Kier alpha value is -1.18. The van der Waals surface area contributed by atoms with E-state index in [1.165, 1.54) is 0 Å². The molecule has 0 atom stereocenters. The van der Waals surface area contributed by atoms with Crippen molar-refractivity contribution in [3.63, 3.8) is 0 Å². The highest BCUT2D eigenvalue weighted by atomic mass is 15.2. The van der Waals surface area contributed by atoms with Crippen LogP contribution in [0, 0.1) is 0 Å². The molecule has 0 fully saturated rings. The van der Waals surface area contributed by atoms with Crippen molar-refractivity contribution in [1.29, 1.82) is 0 Å². The molecule has 0 saturated heterocycles. The van der Waals surface area contributed by atoms with Gasteiger partial charge in [0.05, 0.1) is 11.4 Å². The summed E-state index contributed by atoms with van der Waals surface area (Å²) in [4.78, 5) is 2.17. The van der Waals surface area contributed by atoms with Crippen molar-refractivity contribution in [2.45, 2.75) is 13.8 Å². The Balaban J connectivity index is 0.000000671. The highest BCUT2D eigenvalue weighted by Crippen LogP contribution is 2.11. The van der Waals surface area contributed by atoms with Crippen LogP contribution in [0.3, 0.4) is 0 Å². The summed E-state index contributed by atoms with van der Waals surface area (Å²) < 4.78 is 0. The average molecular weight is 180 g/mol. The molecule has 2 nitrogen and oxygen atoms in total. The summed E-state index contributed by atoms with van der Waals surface area (Å²) in [6, 6.07) is 0. The average Bonchev–Trinajstić information content (AvgIpc) is 2.20. The van der Waals surface area contributed by atoms with E-state index in [1.807, 2.05) is 26.0 Å². The highest BCUT2D eigenvalue weighted by Gasteiger charge is 2.10. The second-order valence-corrected chi connectivity index (χ2v) is 2.56. The Kier molecular flexibility index (Phi) is 5.77. The van der Waals surface area contributed by atoms with Crippen molar-refractivity contribution in [3.05, 3.63) is 36.7 Å². The van der Waals surface area contributed by atoms with Crippen LogP contribution in [0.5, 0.6) is 0 Å². The molecule has 0 aromatic rings. The monoisotopic (exact) mass is 180 g/mol. The molecule has 1 N–H and O–H groups in total. The first-order valence-corrected chi connectivity index (χ1v) is 4.73. The van der Waals surface area contributed by atoms with Gasteiger partial charge in [-0.1, -0.05) is 27.0 Å². The summed E-state index contributed by atoms with van der Waals surface area (Å²) in [5.74, 6) is 0. The fourth-order valence-corrected chi connectivity index (χ4v) is 1.22. The molecule has 74 valence electrons. The summed E-state index contributed by atoms with van der Waals surface area (Å²) in [6.45, 7) is 13.5. The van der Waals surface area contributed by atoms with E-state index >= 15 is 0 Å². The first-order valence-electron chi connectivity index (χ1n) is 4.73. The largest absolute Gasteiger partial charge is 0.382 e. The molecule has 0 spiro atoms. The van der Waals surface area contributed by atoms with E-state index in [4.69, 9.17) is 0 Å². The zero-order valence-electron chi connectivity index (χ0n) is 8.93. The van der Waals surface area contributed by atoms with Crippen LogP contribution in [-0.2, 0) is 0 Å². The predicted octanol–water partition coefficient (Wildman–Crippen LogP) is 2.13. The van der Waals surface area contributed by atoms with E-state index in [2.05, 4.69) is 30.4 Å². The van der Waals surface area contributed by atoms with Crippen LogP contribution >= 0.6 is 0 Å². The number of rotatable bonds is 2. The van der Waals surface area contributed by atoms with Crippen LogP contribution in [0.15, 0.2) is 36.7 Å². The molecule has 0 aromatic carbocycles. The third-order valence-corrected chi connectivity index (χ3v) is 1.85. The summed E-state index contributed by atoms with van der Waals surface area (Å²) in [5.41, 5.74) is 2.21. The summed E-state index contributed by atoms with van der Waals surface area (Å²) >= 11 is 0. The Labute approximate surface area is 81.6 Å². The van der Waals surface area contributed by atoms with Crippen LogP contribution in [0.25, 0.3) is 0 Å². The van der Waals surface area contributed by atoms with Gasteiger partial charge in [-0.3, -0.25) is 0 Å². The summed E-state index contributed by atoms with van der Waals surface area (Å²) in [6.07, 6.45) is 3.68. The van der Waals surface area contributed by atoms with Gasteiger partial charge in [-0.05, 0) is 12.2 Å². The maximum atomic E-state index is 3.75. The molecule has 1 heterocycles. The van der Waals surface area contributed by atoms with E-state index in [1.54, 1.807) is 0 Å². The van der Waals surface area contributed by atoms with Gasteiger partial charge in [0.15, 0.2) is 0 Å². The van der Waals surface area contributed by atoms with E-state index in [9.17, 15) is 0 Å². The van der Waals surface area contributed by atoms with E-state index in [-0.39, 0.29) is 0 Å². The smallest absolute Gasteiger partial charge is 0.0593 e. The molecule has 0 saturated carbocycles. The topological polar surface area (TPSA) is 15.3 Å². The zero-order chi connectivity index (χ0) is 10.3. The number of nitrogens with zero attached hydrogens (tertiary/aromatic N) is 1. The quantitative estimate of drug-likeness (QED) is 0.700. The minimum atomic E-state index is 0.981. The van der Waals surface area contributed by atoms with Crippen molar-refractivity contribution in [2.75, 3.05) is 20.1 Å². The lowest BCUT2D eigenvalue weighted by Crippen LogP contribution is -2.35. The maximum absolute atomic E-state index is 3.75. The number of allylic oxidation sites excluding steroid dienone is 2. The first kappa shape index (κ1) is 11.8. The van der Waals surface area contributed by atoms with Gasteiger partial charge in [0.1, 0.15) is 0 Å². The van der Waals surface area contributed by atoms with Crippen LogP contribution in [0.1, 0.15) is 13.8 Å². The van der Waals surface area contributed by atoms with Gasteiger partial charge in [0, 0.05) is 20.1 Å². The van der Waals surface area contributed by atoms with Crippen molar-refractivity contribution in [1.82, 2.24) is 10.2 Å². The second kappa shape index (κ2) is 6.35.